The summed E-state index contributed by atoms with van der Waals surface area (Å²) in [5.74, 6) is 0.502. The van der Waals surface area contributed by atoms with Crippen LogP contribution in [0.2, 0.25) is 0 Å². The Labute approximate surface area is 145 Å². The Morgan fingerprint density at radius 3 is 2.43 bits per heavy atom. The van der Waals surface area contributed by atoms with Gasteiger partial charge >= 0.3 is 0 Å². The summed E-state index contributed by atoms with van der Waals surface area (Å²) in [5.41, 5.74) is 9.41. The van der Waals surface area contributed by atoms with E-state index in [0.717, 1.165) is 31.4 Å². The molecule has 3 N–H and O–H groups in total. The molecule has 0 bridgehead atoms. The summed E-state index contributed by atoms with van der Waals surface area (Å²) in [5, 5.41) is 3.17. The molecule has 1 fully saturated rings. The van der Waals surface area contributed by atoms with Crippen molar-refractivity contribution in [2.24, 2.45) is 10.7 Å². The van der Waals surface area contributed by atoms with Crippen LogP contribution in [0.4, 0.5) is 5.69 Å². The highest BCUT2D eigenvalue weighted by atomic mass is 127. The summed E-state index contributed by atoms with van der Waals surface area (Å²) in [7, 11) is 0. The number of nitrogens with zero attached hydrogens (tertiary/aromatic N) is 2. The Kier molecular flexibility index (Phi) is 7.45. The van der Waals surface area contributed by atoms with E-state index in [0.29, 0.717) is 5.96 Å². The third-order valence-electron chi connectivity index (χ3n) is 3.63. The van der Waals surface area contributed by atoms with Crippen molar-refractivity contribution in [2.45, 2.75) is 39.7 Å². The lowest BCUT2D eigenvalue weighted by Gasteiger charge is -2.18. The number of halogens is 1. The lowest BCUT2D eigenvalue weighted by molar-refractivity contribution is 0.286. The maximum atomic E-state index is 5.95. The molecule has 0 atom stereocenters. The van der Waals surface area contributed by atoms with Gasteiger partial charge in [0.15, 0.2) is 5.96 Å². The third kappa shape index (κ3) is 6.22. The fourth-order valence-corrected chi connectivity index (χ4v) is 2.57. The van der Waals surface area contributed by atoms with Crippen molar-refractivity contribution in [3.63, 3.8) is 0 Å². The van der Waals surface area contributed by atoms with E-state index in [9.17, 15) is 0 Å². The summed E-state index contributed by atoms with van der Waals surface area (Å²) in [6, 6.07) is 7.10. The van der Waals surface area contributed by atoms with Gasteiger partial charge in [-0.1, -0.05) is 13.0 Å². The fourth-order valence-electron chi connectivity index (χ4n) is 2.57. The van der Waals surface area contributed by atoms with E-state index in [4.69, 9.17) is 5.73 Å². The summed E-state index contributed by atoms with van der Waals surface area (Å²) >= 11 is 0. The van der Waals surface area contributed by atoms with Crippen LogP contribution in [-0.4, -0.2) is 36.5 Å². The molecule has 0 saturated heterocycles. The van der Waals surface area contributed by atoms with Crippen LogP contribution in [0.3, 0.4) is 0 Å². The number of guanidine groups is 1. The zero-order valence-corrected chi connectivity index (χ0v) is 15.6. The Bertz CT molecular complexity index is 463. The number of nitrogens with two attached hydrogens (primary N) is 1. The molecule has 4 nitrogen and oxygen atoms in total. The zero-order chi connectivity index (χ0) is 14.5. The lowest BCUT2D eigenvalue weighted by Crippen LogP contribution is -2.30. The first-order valence-electron chi connectivity index (χ1n) is 7.47. The van der Waals surface area contributed by atoms with Crippen LogP contribution >= 0.6 is 24.0 Å². The van der Waals surface area contributed by atoms with Crippen LogP contribution in [0.1, 0.15) is 30.9 Å². The standard InChI is InChI=1S/C16H26N4.HI/c1-4-20(15-5-6-15)8-7-18-16(17)19-14-10-12(2)9-13(3)11-14;/h9-11,15H,4-8H2,1-3H3,(H3,17,18,19);1H. The van der Waals surface area contributed by atoms with Gasteiger partial charge in [-0.05, 0) is 56.5 Å². The number of aliphatic imine (C=N–C) groups is 1. The minimum Gasteiger partial charge on any atom is -0.370 e. The van der Waals surface area contributed by atoms with Crippen molar-refractivity contribution < 1.29 is 0 Å². The molecule has 0 aliphatic heterocycles. The van der Waals surface area contributed by atoms with Gasteiger partial charge in [-0.25, -0.2) is 0 Å². The number of nitrogens with one attached hydrogen (secondary N) is 1. The molecule has 0 aromatic heterocycles. The summed E-state index contributed by atoms with van der Waals surface area (Å²) in [6.07, 6.45) is 2.68. The van der Waals surface area contributed by atoms with Crippen LogP contribution in [0.5, 0.6) is 0 Å². The van der Waals surface area contributed by atoms with Gasteiger partial charge < -0.3 is 11.1 Å². The van der Waals surface area contributed by atoms with E-state index in [1.165, 1.54) is 24.0 Å². The fraction of sp³-hybridized carbons (Fsp3) is 0.562. The quantitative estimate of drug-likeness (QED) is 0.437. The van der Waals surface area contributed by atoms with Gasteiger partial charge in [0.2, 0.25) is 0 Å². The number of rotatable bonds is 6. The van der Waals surface area contributed by atoms with Crippen molar-refractivity contribution in [1.82, 2.24) is 4.90 Å². The summed E-state index contributed by atoms with van der Waals surface area (Å²) in [4.78, 5) is 6.90. The number of hydrogen-bond donors (Lipinski definition) is 2. The predicted octanol–water partition coefficient (Wildman–Crippen LogP) is 3.13. The van der Waals surface area contributed by atoms with Gasteiger partial charge in [0.1, 0.15) is 0 Å². The Morgan fingerprint density at radius 1 is 1.29 bits per heavy atom. The van der Waals surface area contributed by atoms with Crippen LogP contribution in [0, 0.1) is 13.8 Å². The van der Waals surface area contributed by atoms with Gasteiger partial charge in [-0.3, -0.25) is 9.89 Å². The number of benzene rings is 1. The van der Waals surface area contributed by atoms with Crippen LogP contribution < -0.4 is 11.1 Å². The number of hydrogen-bond acceptors (Lipinski definition) is 2. The topological polar surface area (TPSA) is 53.6 Å². The van der Waals surface area contributed by atoms with E-state index in [2.05, 4.69) is 54.2 Å². The molecule has 0 heterocycles. The molecule has 1 saturated carbocycles. The smallest absolute Gasteiger partial charge is 0.193 e. The van der Waals surface area contributed by atoms with Crippen molar-refractivity contribution in [1.29, 1.82) is 0 Å². The molecule has 0 spiro atoms. The Balaban J connectivity index is 0.00000220. The van der Waals surface area contributed by atoms with E-state index in [1.807, 2.05) is 0 Å². The second-order valence-corrected chi connectivity index (χ2v) is 5.63. The molecular weight excluding hydrogens is 375 g/mol. The molecule has 1 aromatic carbocycles. The first kappa shape index (κ1) is 18.2. The molecule has 0 amide bonds. The predicted molar refractivity (Wildman–Crippen MR) is 102 cm³/mol. The van der Waals surface area contributed by atoms with E-state index < -0.39 is 0 Å². The van der Waals surface area contributed by atoms with Crippen LogP contribution in [0.15, 0.2) is 23.2 Å². The molecule has 5 heteroatoms. The number of aryl methyl sites for hydroxylation is 2. The average Bonchev–Trinajstić information content (AvgIpc) is 3.17. The first-order chi connectivity index (χ1) is 9.58. The SMILES string of the molecule is CCN(CCN=C(N)Nc1cc(C)cc(C)c1)C1CC1.I. The number of likely N-dealkylation sites (N-methyl/N-ethyl adjacent to an activating group) is 1. The maximum absolute atomic E-state index is 5.95. The second kappa shape index (κ2) is 8.58. The highest BCUT2D eigenvalue weighted by Crippen LogP contribution is 2.25. The van der Waals surface area contributed by atoms with Crippen molar-refractivity contribution in [3.8, 4) is 0 Å². The van der Waals surface area contributed by atoms with E-state index in [-0.39, 0.29) is 24.0 Å². The lowest BCUT2D eigenvalue weighted by atomic mass is 10.1. The van der Waals surface area contributed by atoms with Crippen molar-refractivity contribution >= 4 is 35.6 Å². The molecule has 1 aromatic rings. The molecule has 21 heavy (non-hydrogen) atoms. The Morgan fingerprint density at radius 2 is 1.90 bits per heavy atom. The zero-order valence-electron chi connectivity index (χ0n) is 13.2. The number of anilines is 1. The summed E-state index contributed by atoms with van der Waals surface area (Å²) in [6.45, 7) is 9.23. The van der Waals surface area contributed by atoms with Crippen LogP contribution in [0.25, 0.3) is 0 Å². The minimum absolute atomic E-state index is 0. The van der Waals surface area contributed by atoms with Crippen molar-refractivity contribution in [3.05, 3.63) is 29.3 Å². The van der Waals surface area contributed by atoms with E-state index in [1.54, 1.807) is 0 Å². The van der Waals surface area contributed by atoms with Gasteiger partial charge in [0, 0.05) is 18.3 Å². The molecule has 118 valence electrons. The molecule has 2 rings (SSSR count). The molecule has 1 aliphatic rings. The van der Waals surface area contributed by atoms with Gasteiger partial charge in [-0.15, -0.1) is 24.0 Å². The molecular formula is C16H27IN4. The maximum Gasteiger partial charge on any atom is 0.193 e. The van der Waals surface area contributed by atoms with Crippen LogP contribution in [-0.2, 0) is 0 Å². The highest BCUT2D eigenvalue weighted by molar-refractivity contribution is 14.0. The average molecular weight is 402 g/mol. The Hall–Kier alpha value is -0.820. The monoisotopic (exact) mass is 402 g/mol. The van der Waals surface area contributed by atoms with Gasteiger partial charge in [-0.2, -0.15) is 0 Å². The molecule has 1 aliphatic carbocycles. The second-order valence-electron chi connectivity index (χ2n) is 5.63. The third-order valence-corrected chi connectivity index (χ3v) is 3.63. The largest absolute Gasteiger partial charge is 0.370 e. The van der Waals surface area contributed by atoms with Gasteiger partial charge in [0.05, 0.1) is 6.54 Å². The normalized spacial score (nSPS) is 15.0. The minimum atomic E-state index is 0. The van der Waals surface area contributed by atoms with E-state index >= 15 is 0 Å². The molecule has 0 unspecified atom stereocenters. The van der Waals surface area contributed by atoms with Crippen molar-refractivity contribution in [2.75, 3.05) is 25.0 Å². The summed E-state index contributed by atoms with van der Waals surface area (Å²) < 4.78 is 0. The first-order valence-corrected chi connectivity index (χ1v) is 7.47. The van der Waals surface area contributed by atoms with Gasteiger partial charge in [0.25, 0.3) is 0 Å². The highest BCUT2D eigenvalue weighted by Gasteiger charge is 2.26. The molecule has 0 radical (unpaired) electrons.